The van der Waals surface area contributed by atoms with Crippen LogP contribution in [0.2, 0.25) is 0 Å². The maximum Gasteiger partial charge on any atom is 0.119 e. The topological polar surface area (TPSA) is 89.9 Å². The molecule has 0 unspecified atom stereocenters. The molecule has 5 heteroatoms. The van der Waals surface area contributed by atoms with Crippen LogP contribution in [0, 0.1) is 22.7 Å². The quantitative estimate of drug-likeness (QED) is 0.911. The molecule has 2 rings (SSSR count). The van der Waals surface area contributed by atoms with Gasteiger partial charge in [-0.2, -0.15) is 10.5 Å². The third-order valence-corrected chi connectivity index (χ3v) is 2.63. The van der Waals surface area contributed by atoms with Crippen molar-refractivity contribution < 1.29 is 9.84 Å². The SMILES string of the molecule is N#Cc1cnc(-c2ccc(OCCO)cc2)c(C#N)c1. The van der Waals surface area contributed by atoms with Gasteiger partial charge >= 0.3 is 0 Å². The Hall–Kier alpha value is -2.89. The summed E-state index contributed by atoms with van der Waals surface area (Å²) >= 11 is 0. The first-order valence-corrected chi connectivity index (χ1v) is 5.93. The number of aliphatic hydroxyl groups excluding tert-OH is 1. The van der Waals surface area contributed by atoms with Crippen molar-refractivity contribution in [3.8, 4) is 29.1 Å². The molecule has 98 valence electrons. The fourth-order valence-electron chi connectivity index (χ4n) is 1.71. The van der Waals surface area contributed by atoms with Crippen LogP contribution in [0.15, 0.2) is 36.5 Å². The minimum atomic E-state index is -0.0441. The molecule has 20 heavy (non-hydrogen) atoms. The Labute approximate surface area is 116 Å². The number of benzene rings is 1. The van der Waals surface area contributed by atoms with Crippen molar-refractivity contribution in [2.45, 2.75) is 0 Å². The molecule has 0 aliphatic heterocycles. The van der Waals surface area contributed by atoms with Crippen LogP contribution in [0.3, 0.4) is 0 Å². The highest BCUT2D eigenvalue weighted by Crippen LogP contribution is 2.24. The zero-order valence-electron chi connectivity index (χ0n) is 10.6. The van der Waals surface area contributed by atoms with Gasteiger partial charge in [0.2, 0.25) is 0 Å². The number of rotatable bonds is 4. The molecule has 0 saturated heterocycles. The predicted octanol–water partition coefficient (Wildman–Crippen LogP) is 1.86. The minimum Gasteiger partial charge on any atom is -0.491 e. The fourth-order valence-corrected chi connectivity index (χ4v) is 1.71. The average Bonchev–Trinajstić information content (AvgIpc) is 2.52. The Kier molecular flexibility index (Phi) is 4.28. The lowest BCUT2D eigenvalue weighted by Gasteiger charge is -2.06. The molecule has 0 fully saturated rings. The smallest absolute Gasteiger partial charge is 0.119 e. The van der Waals surface area contributed by atoms with E-state index in [-0.39, 0.29) is 13.2 Å². The van der Waals surface area contributed by atoms with E-state index in [4.69, 9.17) is 20.4 Å². The van der Waals surface area contributed by atoms with Crippen molar-refractivity contribution >= 4 is 0 Å². The monoisotopic (exact) mass is 265 g/mol. The van der Waals surface area contributed by atoms with Crippen molar-refractivity contribution in [3.05, 3.63) is 47.7 Å². The van der Waals surface area contributed by atoms with Crippen molar-refractivity contribution in [2.75, 3.05) is 13.2 Å². The van der Waals surface area contributed by atoms with Crippen molar-refractivity contribution in [1.82, 2.24) is 4.98 Å². The Morgan fingerprint density at radius 1 is 1.15 bits per heavy atom. The van der Waals surface area contributed by atoms with E-state index >= 15 is 0 Å². The van der Waals surface area contributed by atoms with Crippen LogP contribution >= 0.6 is 0 Å². The molecule has 0 atom stereocenters. The first-order chi connectivity index (χ1) is 9.78. The highest BCUT2D eigenvalue weighted by Gasteiger charge is 2.08. The standard InChI is InChI=1S/C15H11N3O2/c16-8-11-7-13(9-17)15(18-10-11)12-1-3-14(4-2-12)20-6-5-19/h1-4,7,10,19H,5-6H2. The van der Waals surface area contributed by atoms with Gasteiger partial charge in [0.05, 0.1) is 23.4 Å². The average molecular weight is 265 g/mol. The number of aromatic nitrogens is 1. The molecule has 1 aromatic carbocycles. The van der Waals surface area contributed by atoms with Gasteiger partial charge < -0.3 is 9.84 Å². The summed E-state index contributed by atoms with van der Waals surface area (Å²) in [5, 5.41) is 26.6. The molecule has 1 N–H and O–H groups in total. The number of nitriles is 2. The predicted molar refractivity (Wildman–Crippen MR) is 71.7 cm³/mol. The summed E-state index contributed by atoms with van der Waals surface area (Å²) in [4.78, 5) is 4.16. The van der Waals surface area contributed by atoms with Crippen molar-refractivity contribution in [1.29, 1.82) is 10.5 Å². The van der Waals surface area contributed by atoms with Crippen LogP contribution < -0.4 is 4.74 Å². The molecule has 0 amide bonds. The first kappa shape index (κ1) is 13.5. The van der Waals surface area contributed by atoms with E-state index in [1.165, 1.54) is 12.3 Å². The molecule has 0 aliphatic rings. The molecule has 0 spiro atoms. The maximum atomic E-state index is 9.12. The molecule has 1 aromatic heterocycles. The van der Waals surface area contributed by atoms with Crippen LogP contribution in [0.4, 0.5) is 0 Å². The molecule has 0 aliphatic carbocycles. The molecular formula is C15H11N3O2. The second-order valence-corrected chi connectivity index (χ2v) is 3.94. The number of aliphatic hydroxyl groups is 1. The molecule has 0 radical (unpaired) electrons. The molecular weight excluding hydrogens is 254 g/mol. The highest BCUT2D eigenvalue weighted by molar-refractivity contribution is 5.67. The fraction of sp³-hybridized carbons (Fsp3) is 0.133. The van der Waals surface area contributed by atoms with E-state index in [0.717, 1.165) is 5.56 Å². The second kappa shape index (κ2) is 6.33. The molecule has 2 aromatic rings. The van der Waals surface area contributed by atoms with Gasteiger partial charge in [0.1, 0.15) is 24.5 Å². The number of hydrogen-bond acceptors (Lipinski definition) is 5. The molecule has 1 heterocycles. The van der Waals surface area contributed by atoms with E-state index in [9.17, 15) is 0 Å². The Balaban J connectivity index is 2.32. The summed E-state index contributed by atoms with van der Waals surface area (Å²) < 4.78 is 5.26. The van der Waals surface area contributed by atoms with Gasteiger partial charge in [-0.25, -0.2) is 0 Å². The summed E-state index contributed by atoms with van der Waals surface area (Å²) in [7, 11) is 0. The zero-order valence-corrected chi connectivity index (χ0v) is 10.6. The van der Waals surface area contributed by atoms with Gasteiger partial charge in [-0.05, 0) is 30.3 Å². The number of hydrogen-bond donors (Lipinski definition) is 1. The lowest BCUT2D eigenvalue weighted by Crippen LogP contribution is -2.01. The van der Waals surface area contributed by atoms with Crippen LogP contribution in [0.25, 0.3) is 11.3 Å². The van der Waals surface area contributed by atoms with E-state index in [1.807, 2.05) is 12.1 Å². The zero-order chi connectivity index (χ0) is 14.4. The summed E-state index contributed by atoms with van der Waals surface area (Å²) in [6.07, 6.45) is 1.44. The van der Waals surface area contributed by atoms with Gasteiger partial charge in [0.15, 0.2) is 0 Å². The summed E-state index contributed by atoms with van der Waals surface area (Å²) in [5.41, 5.74) is 2.00. The van der Waals surface area contributed by atoms with Gasteiger partial charge in [-0.3, -0.25) is 4.98 Å². The van der Waals surface area contributed by atoms with Crippen LogP contribution in [-0.4, -0.2) is 23.3 Å². The second-order valence-electron chi connectivity index (χ2n) is 3.94. The maximum absolute atomic E-state index is 9.12. The van der Waals surface area contributed by atoms with Gasteiger partial charge in [0, 0.05) is 11.8 Å². The Morgan fingerprint density at radius 2 is 1.90 bits per heavy atom. The van der Waals surface area contributed by atoms with E-state index < -0.39 is 0 Å². The molecule has 0 bridgehead atoms. The number of pyridine rings is 1. The van der Waals surface area contributed by atoms with E-state index in [2.05, 4.69) is 4.98 Å². The summed E-state index contributed by atoms with van der Waals surface area (Å²) in [5.74, 6) is 0.634. The lowest BCUT2D eigenvalue weighted by atomic mass is 10.1. The van der Waals surface area contributed by atoms with Gasteiger partial charge in [0.25, 0.3) is 0 Å². The van der Waals surface area contributed by atoms with Gasteiger partial charge in [-0.15, -0.1) is 0 Å². The first-order valence-electron chi connectivity index (χ1n) is 5.93. The number of nitrogens with zero attached hydrogens (tertiary/aromatic N) is 3. The van der Waals surface area contributed by atoms with E-state index in [0.29, 0.717) is 22.6 Å². The normalized spacial score (nSPS) is 9.55. The van der Waals surface area contributed by atoms with Gasteiger partial charge in [-0.1, -0.05) is 0 Å². The number of ether oxygens (including phenoxy) is 1. The third-order valence-electron chi connectivity index (χ3n) is 2.63. The van der Waals surface area contributed by atoms with Crippen molar-refractivity contribution in [3.63, 3.8) is 0 Å². The summed E-state index contributed by atoms with van der Waals surface area (Å²) in [6, 6.07) is 12.6. The summed E-state index contributed by atoms with van der Waals surface area (Å²) in [6.45, 7) is 0.190. The molecule has 0 saturated carbocycles. The third kappa shape index (κ3) is 2.92. The molecule has 5 nitrogen and oxygen atoms in total. The lowest BCUT2D eigenvalue weighted by molar-refractivity contribution is 0.201. The Morgan fingerprint density at radius 3 is 2.50 bits per heavy atom. The van der Waals surface area contributed by atoms with Crippen LogP contribution in [-0.2, 0) is 0 Å². The minimum absolute atomic E-state index is 0.0441. The largest absolute Gasteiger partial charge is 0.491 e. The van der Waals surface area contributed by atoms with Crippen molar-refractivity contribution in [2.24, 2.45) is 0 Å². The van der Waals surface area contributed by atoms with E-state index in [1.54, 1.807) is 24.3 Å². The van der Waals surface area contributed by atoms with Crippen LogP contribution in [0.5, 0.6) is 5.75 Å². The highest BCUT2D eigenvalue weighted by atomic mass is 16.5. The Bertz CT molecular complexity index is 682. The van der Waals surface area contributed by atoms with Crippen LogP contribution in [0.1, 0.15) is 11.1 Å².